The third-order valence-corrected chi connectivity index (χ3v) is 4.72. The van der Waals surface area contributed by atoms with Crippen molar-refractivity contribution in [3.05, 3.63) is 24.3 Å². The van der Waals surface area contributed by atoms with Gasteiger partial charge in [-0.05, 0) is 69.1 Å². The fraction of sp³-hybridized carbons (Fsp3) is 0.579. The van der Waals surface area contributed by atoms with E-state index in [0.29, 0.717) is 17.6 Å². The molecule has 1 fully saturated rings. The predicted molar refractivity (Wildman–Crippen MR) is 106 cm³/mol. The molecule has 1 aliphatic heterocycles. The lowest BCUT2D eigenvalue weighted by molar-refractivity contribution is -0.119. The summed E-state index contributed by atoms with van der Waals surface area (Å²) in [6, 6.07) is 8.88. The number of hydrogen-bond acceptors (Lipinski definition) is 3. The molecule has 0 saturated carbocycles. The Kier molecular flexibility index (Phi) is 7.50. The first-order valence-electron chi connectivity index (χ1n) is 9.07. The van der Waals surface area contributed by atoms with Gasteiger partial charge in [-0.3, -0.25) is 4.79 Å². The van der Waals surface area contributed by atoms with Crippen LogP contribution in [0.3, 0.4) is 0 Å². The second kappa shape index (κ2) is 9.62. The van der Waals surface area contributed by atoms with E-state index < -0.39 is 0 Å². The number of thiocarbonyl (C=S) groups is 1. The van der Waals surface area contributed by atoms with E-state index >= 15 is 0 Å². The molecule has 4 nitrogen and oxygen atoms in total. The van der Waals surface area contributed by atoms with Crippen LogP contribution in [-0.4, -0.2) is 23.6 Å². The average Bonchev–Trinajstić information content (AvgIpc) is 2.56. The van der Waals surface area contributed by atoms with Crippen LogP contribution in [0.4, 0.5) is 11.4 Å². The summed E-state index contributed by atoms with van der Waals surface area (Å²) in [6.07, 6.45) is 7.47. The third kappa shape index (κ3) is 5.78. The van der Waals surface area contributed by atoms with Gasteiger partial charge in [0.05, 0.1) is 0 Å². The number of nitrogens with one attached hydrogen (secondary N) is 2. The number of carbonyl (C=O) groups is 1. The molecular weight excluding hydrogens is 318 g/mol. The lowest BCUT2D eigenvalue weighted by Gasteiger charge is -2.35. The van der Waals surface area contributed by atoms with E-state index in [9.17, 15) is 4.79 Å². The van der Waals surface area contributed by atoms with Crippen molar-refractivity contribution in [3.8, 4) is 0 Å². The summed E-state index contributed by atoms with van der Waals surface area (Å²) in [7, 11) is 0. The molecule has 24 heavy (non-hydrogen) atoms. The molecule has 1 heterocycles. The Bertz CT molecular complexity index is 544. The monoisotopic (exact) mass is 347 g/mol. The maximum absolute atomic E-state index is 11.8. The molecule has 1 aromatic rings. The summed E-state index contributed by atoms with van der Waals surface area (Å²) in [6.45, 7) is 5.53. The number of hydrogen-bond donors (Lipinski definition) is 2. The van der Waals surface area contributed by atoms with Crippen molar-refractivity contribution < 1.29 is 4.79 Å². The summed E-state index contributed by atoms with van der Waals surface area (Å²) >= 11 is 5.21. The zero-order valence-corrected chi connectivity index (χ0v) is 15.6. The quantitative estimate of drug-likeness (QED) is 0.589. The molecule has 1 amide bonds. The van der Waals surface area contributed by atoms with Crippen molar-refractivity contribution >= 4 is 34.6 Å². The average molecular weight is 348 g/mol. The number of carbonyl (C=O) groups excluding carboxylic acids is 1. The van der Waals surface area contributed by atoms with Crippen LogP contribution >= 0.6 is 12.2 Å². The Labute approximate surface area is 151 Å². The fourth-order valence-corrected chi connectivity index (χ4v) is 3.34. The van der Waals surface area contributed by atoms with Crippen molar-refractivity contribution in [2.45, 2.75) is 64.8 Å². The minimum Gasteiger partial charge on any atom is -0.369 e. The molecule has 0 aliphatic carbocycles. The van der Waals surface area contributed by atoms with Crippen LogP contribution in [0, 0.1) is 0 Å². The van der Waals surface area contributed by atoms with E-state index in [4.69, 9.17) is 12.2 Å². The van der Waals surface area contributed by atoms with Crippen molar-refractivity contribution in [2.75, 3.05) is 16.8 Å². The highest BCUT2D eigenvalue weighted by Crippen LogP contribution is 2.25. The molecule has 132 valence electrons. The van der Waals surface area contributed by atoms with Gasteiger partial charge in [0.2, 0.25) is 5.91 Å². The number of nitrogens with zero attached hydrogens (tertiary/aromatic N) is 1. The SMILES string of the molecule is CCCCCC(=O)NC(=S)Nc1ccc(N2CCCC[C@@H]2C)cc1. The van der Waals surface area contributed by atoms with Gasteiger partial charge in [0, 0.05) is 30.4 Å². The topological polar surface area (TPSA) is 44.4 Å². The summed E-state index contributed by atoms with van der Waals surface area (Å²) in [5, 5.41) is 6.20. The van der Waals surface area contributed by atoms with E-state index in [-0.39, 0.29) is 5.91 Å². The standard InChI is InChI=1S/C19H29N3OS/c1-3-4-5-9-18(23)21-19(24)20-16-10-12-17(13-11-16)22-14-7-6-8-15(22)2/h10-13,15H,3-9,14H2,1-2H3,(H2,20,21,23,24)/t15-/m0/s1. The Hall–Kier alpha value is -1.62. The molecule has 2 rings (SSSR count). The molecular formula is C19H29N3OS. The minimum absolute atomic E-state index is 0.0142. The molecule has 0 bridgehead atoms. The molecule has 1 aliphatic rings. The number of rotatable bonds is 6. The highest BCUT2D eigenvalue weighted by atomic mass is 32.1. The number of unbranched alkanes of at least 4 members (excludes halogenated alkanes) is 2. The summed E-state index contributed by atoms with van der Waals surface area (Å²) in [4.78, 5) is 14.2. The molecule has 5 heteroatoms. The number of amides is 1. The van der Waals surface area contributed by atoms with Gasteiger partial charge >= 0.3 is 0 Å². The lowest BCUT2D eigenvalue weighted by atomic mass is 10.0. The Balaban J connectivity index is 1.82. The Morgan fingerprint density at radius 2 is 2.00 bits per heavy atom. The van der Waals surface area contributed by atoms with Crippen molar-refractivity contribution in [2.24, 2.45) is 0 Å². The molecule has 0 spiro atoms. The minimum atomic E-state index is -0.0142. The second-order valence-corrected chi connectivity index (χ2v) is 6.95. The van der Waals surface area contributed by atoms with Crippen LogP contribution in [0.1, 0.15) is 58.8 Å². The largest absolute Gasteiger partial charge is 0.369 e. The molecule has 1 saturated heterocycles. The second-order valence-electron chi connectivity index (χ2n) is 6.54. The van der Waals surface area contributed by atoms with E-state index in [1.165, 1.54) is 24.9 Å². The predicted octanol–water partition coefficient (Wildman–Crippen LogP) is 4.46. The van der Waals surface area contributed by atoms with Crippen LogP contribution in [-0.2, 0) is 4.79 Å². The molecule has 0 aromatic heterocycles. The number of benzene rings is 1. The van der Waals surface area contributed by atoms with Gasteiger partial charge in [0.25, 0.3) is 0 Å². The number of piperidine rings is 1. The van der Waals surface area contributed by atoms with Crippen LogP contribution < -0.4 is 15.5 Å². The van der Waals surface area contributed by atoms with E-state index in [0.717, 1.165) is 31.5 Å². The molecule has 1 aromatic carbocycles. The van der Waals surface area contributed by atoms with Crippen molar-refractivity contribution in [3.63, 3.8) is 0 Å². The van der Waals surface area contributed by atoms with E-state index in [1.807, 2.05) is 12.1 Å². The smallest absolute Gasteiger partial charge is 0.226 e. The van der Waals surface area contributed by atoms with Gasteiger partial charge in [-0.2, -0.15) is 0 Å². The van der Waals surface area contributed by atoms with Crippen LogP contribution in [0.15, 0.2) is 24.3 Å². The van der Waals surface area contributed by atoms with Gasteiger partial charge in [0.15, 0.2) is 5.11 Å². The van der Waals surface area contributed by atoms with Gasteiger partial charge < -0.3 is 15.5 Å². The molecule has 0 radical (unpaired) electrons. The maximum atomic E-state index is 11.8. The first-order valence-corrected chi connectivity index (χ1v) is 9.48. The van der Waals surface area contributed by atoms with Gasteiger partial charge in [0.1, 0.15) is 0 Å². The Morgan fingerprint density at radius 1 is 1.25 bits per heavy atom. The fourth-order valence-electron chi connectivity index (χ4n) is 3.10. The summed E-state index contributed by atoms with van der Waals surface area (Å²) < 4.78 is 0. The lowest BCUT2D eigenvalue weighted by Crippen LogP contribution is -2.37. The highest BCUT2D eigenvalue weighted by Gasteiger charge is 2.18. The van der Waals surface area contributed by atoms with Gasteiger partial charge in [-0.1, -0.05) is 19.8 Å². The summed E-state index contributed by atoms with van der Waals surface area (Å²) in [5.74, 6) is -0.0142. The van der Waals surface area contributed by atoms with Crippen molar-refractivity contribution in [1.29, 1.82) is 0 Å². The van der Waals surface area contributed by atoms with Gasteiger partial charge in [-0.15, -0.1) is 0 Å². The third-order valence-electron chi connectivity index (χ3n) is 4.52. The Morgan fingerprint density at radius 3 is 2.67 bits per heavy atom. The highest BCUT2D eigenvalue weighted by molar-refractivity contribution is 7.80. The van der Waals surface area contributed by atoms with E-state index in [2.05, 4.69) is 41.5 Å². The first kappa shape index (κ1) is 18.7. The number of anilines is 2. The van der Waals surface area contributed by atoms with Crippen LogP contribution in [0.25, 0.3) is 0 Å². The maximum Gasteiger partial charge on any atom is 0.226 e. The van der Waals surface area contributed by atoms with Crippen LogP contribution in [0.2, 0.25) is 0 Å². The molecule has 2 N–H and O–H groups in total. The zero-order valence-electron chi connectivity index (χ0n) is 14.8. The summed E-state index contributed by atoms with van der Waals surface area (Å²) in [5.41, 5.74) is 2.16. The molecule has 0 unspecified atom stereocenters. The zero-order chi connectivity index (χ0) is 17.4. The first-order chi connectivity index (χ1) is 11.6. The molecule has 1 atom stereocenters. The normalized spacial score (nSPS) is 17.4. The van der Waals surface area contributed by atoms with Crippen LogP contribution in [0.5, 0.6) is 0 Å². The van der Waals surface area contributed by atoms with E-state index in [1.54, 1.807) is 0 Å². The van der Waals surface area contributed by atoms with Crippen molar-refractivity contribution in [1.82, 2.24) is 5.32 Å². The van der Waals surface area contributed by atoms with Gasteiger partial charge in [-0.25, -0.2) is 0 Å².